The van der Waals surface area contributed by atoms with Crippen molar-refractivity contribution < 1.29 is 24.5 Å². The van der Waals surface area contributed by atoms with Gasteiger partial charge in [-0.05, 0) is 18.1 Å². The van der Waals surface area contributed by atoms with Crippen LogP contribution in [0, 0.1) is 5.92 Å². The fourth-order valence-corrected chi connectivity index (χ4v) is 2.54. The summed E-state index contributed by atoms with van der Waals surface area (Å²) < 4.78 is 5.04. The molecule has 1 saturated heterocycles. The Morgan fingerprint density at radius 3 is 2.80 bits per heavy atom. The van der Waals surface area contributed by atoms with E-state index < -0.39 is 18.0 Å². The SMILES string of the molecule is COc1cc([C@H]2CCN(C(=O)O)C[C@@H]2C(=O)O)ccn1. The summed E-state index contributed by atoms with van der Waals surface area (Å²) in [6.07, 6.45) is 0.953. The standard InChI is InChI=1S/C13H16N2O5/c1-20-11-6-8(2-4-14-11)9-3-5-15(13(18)19)7-10(9)12(16)17/h2,4,6,9-10H,3,5,7H2,1H3,(H,16,17)(H,18,19)/t9-,10+/m1/s1. The molecule has 1 fully saturated rings. The van der Waals surface area contributed by atoms with E-state index in [0.717, 1.165) is 10.5 Å². The Balaban J connectivity index is 2.25. The zero-order valence-corrected chi connectivity index (χ0v) is 11.0. The average Bonchev–Trinajstić information content (AvgIpc) is 2.46. The van der Waals surface area contributed by atoms with Crippen molar-refractivity contribution in [2.24, 2.45) is 5.92 Å². The highest BCUT2D eigenvalue weighted by atomic mass is 16.5. The van der Waals surface area contributed by atoms with E-state index in [1.807, 2.05) is 0 Å². The van der Waals surface area contributed by atoms with Crippen LogP contribution in [0.25, 0.3) is 0 Å². The van der Waals surface area contributed by atoms with Gasteiger partial charge in [0.1, 0.15) is 0 Å². The van der Waals surface area contributed by atoms with Crippen molar-refractivity contribution in [2.45, 2.75) is 12.3 Å². The lowest BCUT2D eigenvalue weighted by Gasteiger charge is -2.35. The van der Waals surface area contributed by atoms with E-state index >= 15 is 0 Å². The van der Waals surface area contributed by atoms with Gasteiger partial charge >= 0.3 is 12.1 Å². The minimum absolute atomic E-state index is 0.0000281. The summed E-state index contributed by atoms with van der Waals surface area (Å²) in [7, 11) is 1.49. The Morgan fingerprint density at radius 2 is 2.20 bits per heavy atom. The van der Waals surface area contributed by atoms with Crippen molar-refractivity contribution in [2.75, 3.05) is 20.2 Å². The number of aromatic nitrogens is 1. The maximum atomic E-state index is 11.4. The smallest absolute Gasteiger partial charge is 0.407 e. The number of hydrogen-bond acceptors (Lipinski definition) is 4. The molecule has 1 aromatic rings. The first kappa shape index (κ1) is 14.1. The van der Waals surface area contributed by atoms with Crippen molar-refractivity contribution in [1.29, 1.82) is 0 Å². The van der Waals surface area contributed by atoms with E-state index in [2.05, 4.69) is 4.98 Å². The molecule has 0 bridgehead atoms. The maximum Gasteiger partial charge on any atom is 0.407 e. The average molecular weight is 280 g/mol. The third-order valence-electron chi connectivity index (χ3n) is 3.60. The van der Waals surface area contributed by atoms with Crippen LogP contribution in [0.3, 0.4) is 0 Å². The molecule has 2 N–H and O–H groups in total. The molecule has 1 aromatic heterocycles. The van der Waals surface area contributed by atoms with Gasteiger partial charge in [0.15, 0.2) is 0 Å². The van der Waals surface area contributed by atoms with Gasteiger partial charge < -0.3 is 19.8 Å². The molecule has 0 aliphatic carbocycles. The Labute approximate surface area is 115 Å². The number of amides is 1. The topological polar surface area (TPSA) is 100.0 Å². The summed E-state index contributed by atoms with van der Waals surface area (Å²) in [5.74, 6) is -1.56. The van der Waals surface area contributed by atoms with Gasteiger partial charge in [-0.2, -0.15) is 0 Å². The lowest BCUT2D eigenvalue weighted by molar-refractivity contribution is -0.144. The summed E-state index contributed by atoms with van der Waals surface area (Å²) in [5.41, 5.74) is 0.814. The van der Waals surface area contributed by atoms with Crippen LogP contribution in [-0.4, -0.2) is 52.4 Å². The lowest BCUT2D eigenvalue weighted by atomic mass is 9.81. The molecule has 2 rings (SSSR count). The van der Waals surface area contributed by atoms with Crippen LogP contribution in [0.5, 0.6) is 5.88 Å². The minimum atomic E-state index is -1.08. The van der Waals surface area contributed by atoms with Gasteiger partial charge in [-0.15, -0.1) is 0 Å². The molecule has 0 radical (unpaired) electrons. The highest BCUT2D eigenvalue weighted by molar-refractivity contribution is 5.74. The van der Waals surface area contributed by atoms with Crippen LogP contribution >= 0.6 is 0 Å². The number of piperidine rings is 1. The van der Waals surface area contributed by atoms with E-state index in [1.54, 1.807) is 18.3 Å². The van der Waals surface area contributed by atoms with E-state index in [0.29, 0.717) is 18.8 Å². The molecule has 0 saturated carbocycles. The van der Waals surface area contributed by atoms with Gasteiger partial charge in [0.25, 0.3) is 0 Å². The van der Waals surface area contributed by atoms with E-state index in [1.165, 1.54) is 7.11 Å². The van der Waals surface area contributed by atoms with Gasteiger partial charge in [-0.25, -0.2) is 9.78 Å². The molecule has 20 heavy (non-hydrogen) atoms. The summed E-state index contributed by atoms with van der Waals surface area (Å²) in [6, 6.07) is 3.45. The predicted molar refractivity (Wildman–Crippen MR) is 68.9 cm³/mol. The van der Waals surface area contributed by atoms with Crippen LogP contribution in [0.1, 0.15) is 17.9 Å². The number of carbonyl (C=O) groups is 2. The molecule has 2 heterocycles. The van der Waals surface area contributed by atoms with Gasteiger partial charge in [-0.3, -0.25) is 4.79 Å². The third kappa shape index (κ3) is 2.81. The quantitative estimate of drug-likeness (QED) is 0.864. The number of carboxylic acid groups (broad SMARTS) is 2. The molecular weight excluding hydrogens is 264 g/mol. The molecule has 0 spiro atoms. The Bertz CT molecular complexity index is 519. The number of carboxylic acids is 1. The van der Waals surface area contributed by atoms with Crippen LogP contribution in [0.4, 0.5) is 4.79 Å². The molecule has 108 valence electrons. The van der Waals surface area contributed by atoms with E-state index in [9.17, 15) is 14.7 Å². The lowest BCUT2D eigenvalue weighted by Crippen LogP contribution is -2.45. The molecule has 7 nitrogen and oxygen atoms in total. The van der Waals surface area contributed by atoms with Crippen molar-refractivity contribution >= 4 is 12.1 Å². The normalized spacial score (nSPS) is 22.4. The number of aliphatic carboxylic acids is 1. The summed E-state index contributed by atoms with van der Waals surface area (Å²) >= 11 is 0. The molecule has 0 aromatic carbocycles. The second kappa shape index (κ2) is 5.77. The molecular formula is C13H16N2O5. The zero-order chi connectivity index (χ0) is 14.7. The largest absolute Gasteiger partial charge is 0.481 e. The van der Waals surface area contributed by atoms with Gasteiger partial charge in [-0.1, -0.05) is 0 Å². The Hall–Kier alpha value is -2.31. The van der Waals surface area contributed by atoms with Crippen molar-refractivity contribution in [3.05, 3.63) is 23.9 Å². The zero-order valence-electron chi connectivity index (χ0n) is 11.0. The van der Waals surface area contributed by atoms with Crippen LogP contribution < -0.4 is 4.74 Å². The van der Waals surface area contributed by atoms with Crippen LogP contribution in [0.15, 0.2) is 18.3 Å². The Morgan fingerprint density at radius 1 is 1.45 bits per heavy atom. The van der Waals surface area contributed by atoms with E-state index in [-0.39, 0.29) is 12.5 Å². The predicted octanol–water partition coefficient (Wildman–Crippen LogP) is 1.26. The first-order valence-electron chi connectivity index (χ1n) is 6.23. The van der Waals surface area contributed by atoms with Crippen molar-refractivity contribution in [1.82, 2.24) is 9.88 Å². The van der Waals surface area contributed by atoms with Gasteiger partial charge in [0, 0.05) is 31.3 Å². The third-order valence-corrected chi connectivity index (χ3v) is 3.60. The second-order valence-corrected chi connectivity index (χ2v) is 4.70. The number of likely N-dealkylation sites (tertiary alicyclic amines) is 1. The Kier molecular flexibility index (Phi) is 4.07. The molecule has 1 aliphatic heterocycles. The number of rotatable bonds is 3. The summed E-state index contributed by atoms with van der Waals surface area (Å²) in [4.78, 5) is 27.5. The number of pyridine rings is 1. The van der Waals surface area contributed by atoms with Crippen molar-refractivity contribution in [3.63, 3.8) is 0 Å². The van der Waals surface area contributed by atoms with E-state index in [4.69, 9.17) is 9.84 Å². The highest BCUT2D eigenvalue weighted by Gasteiger charge is 2.37. The monoisotopic (exact) mass is 280 g/mol. The fraction of sp³-hybridized carbons (Fsp3) is 0.462. The number of hydrogen-bond donors (Lipinski definition) is 2. The second-order valence-electron chi connectivity index (χ2n) is 4.70. The number of ether oxygens (including phenoxy) is 1. The summed E-state index contributed by atoms with van der Waals surface area (Å²) in [5, 5.41) is 18.3. The van der Waals surface area contributed by atoms with Crippen LogP contribution in [-0.2, 0) is 4.79 Å². The number of nitrogens with zero attached hydrogens (tertiary/aromatic N) is 2. The van der Waals surface area contributed by atoms with Crippen LogP contribution in [0.2, 0.25) is 0 Å². The maximum absolute atomic E-state index is 11.4. The molecule has 7 heteroatoms. The molecule has 0 unspecified atom stereocenters. The minimum Gasteiger partial charge on any atom is -0.481 e. The molecule has 1 amide bonds. The molecule has 1 aliphatic rings. The first-order chi connectivity index (χ1) is 9.52. The first-order valence-corrected chi connectivity index (χ1v) is 6.23. The highest BCUT2D eigenvalue weighted by Crippen LogP contribution is 2.34. The molecule has 2 atom stereocenters. The number of methoxy groups -OCH3 is 1. The van der Waals surface area contributed by atoms with Gasteiger partial charge in [0.05, 0.1) is 13.0 Å². The fourth-order valence-electron chi connectivity index (χ4n) is 2.54. The summed E-state index contributed by atoms with van der Waals surface area (Å²) in [6.45, 7) is 0.328. The van der Waals surface area contributed by atoms with Crippen molar-refractivity contribution in [3.8, 4) is 5.88 Å². The van der Waals surface area contributed by atoms with Gasteiger partial charge in [0.2, 0.25) is 5.88 Å².